The first-order valence-corrected chi connectivity index (χ1v) is 10.4. The van der Waals surface area contributed by atoms with Gasteiger partial charge in [0, 0.05) is 6.07 Å². The molecule has 1 amide bonds. The molecule has 2 aromatic rings. The highest BCUT2D eigenvalue weighted by Crippen LogP contribution is 2.60. The fourth-order valence-corrected chi connectivity index (χ4v) is 6.27. The number of halogens is 1. The lowest BCUT2D eigenvalue weighted by Crippen LogP contribution is -2.51. The third-order valence-corrected chi connectivity index (χ3v) is 7.27. The Morgan fingerprint density at radius 3 is 2.23 bits per heavy atom. The number of rotatable bonds is 4. The minimum Gasteiger partial charge on any atom is -0.507 e. The second-order valence-corrected chi connectivity index (χ2v) is 9.42. The lowest BCUT2D eigenvalue weighted by atomic mass is 9.49. The number of carbonyl (C=O) groups is 2. The summed E-state index contributed by atoms with van der Waals surface area (Å²) < 4.78 is 5.19. The van der Waals surface area contributed by atoms with Crippen LogP contribution in [0.25, 0.3) is 11.3 Å². The number of nitrogens with one attached hydrogen (secondary N) is 1. The Bertz CT molecular complexity index is 1030. The highest BCUT2D eigenvalue weighted by molar-refractivity contribution is 6.32. The molecule has 4 aliphatic carbocycles. The second-order valence-electron chi connectivity index (χ2n) is 9.01. The van der Waals surface area contributed by atoms with Crippen molar-refractivity contribution in [3.63, 3.8) is 0 Å². The van der Waals surface area contributed by atoms with Gasteiger partial charge in [0.15, 0.2) is 5.76 Å². The molecule has 6 rings (SSSR count). The van der Waals surface area contributed by atoms with Gasteiger partial charge in [-0.25, -0.2) is 4.79 Å². The molecule has 1 heterocycles. The molecule has 0 unspecified atom stereocenters. The normalized spacial score (nSPS) is 29.2. The van der Waals surface area contributed by atoms with E-state index >= 15 is 0 Å². The summed E-state index contributed by atoms with van der Waals surface area (Å²) in [5.41, 5.74) is -1.04. The minimum atomic E-state index is -1.37. The van der Waals surface area contributed by atoms with Gasteiger partial charge in [0.25, 0.3) is 0 Å². The summed E-state index contributed by atoms with van der Waals surface area (Å²) in [5.74, 6) is -0.795. The van der Waals surface area contributed by atoms with Gasteiger partial charge in [-0.05, 0) is 62.3 Å². The average molecular weight is 433 g/mol. The number of nitrogens with zero attached hydrogens (tertiary/aromatic N) is 1. The van der Waals surface area contributed by atoms with E-state index in [0.29, 0.717) is 17.8 Å². The van der Waals surface area contributed by atoms with Crippen molar-refractivity contribution >= 4 is 29.2 Å². The molecule has 0 saturated heterocycles. The molecule has 1 aromatic heterocycles. The molecule has 4 saturated carbocycles. The van der Waals surface area contributed by atoms with Gasteiger partial charge in [0.05, 0.1) is 16.0 Å². The number of aromatic carboxylic acids is 1. The van der Waals surface area contributed by atoms with Crippen LogP contribution >= 0.6 is 11.6 Å². The summed E-state index contributed by atoms with van der Waals surface area (Å²) in [4.78, 5) is 25.1. The molecule has 30 heavy (non-hydrogen) atoms. The van der Waals surface area contributed by atoms with Gasteiger partial charge in [-0.15, -0.1) is 0 Å². The molecular weight excluding hydrogens is 412 g/mol. The number of aromatic nitrogens is 1. The molecule has 1 aromatic carbocycles. The topological polar surface area (TPSA) is 133 Å². The van der Waals surface area contributed by atoms with E-state index in [1.807, 2.05) is 0 Å². The van der Waals surface area contributed by atoms with Crippen LogP contribution in [-0.4, -0.2) is 32.4 Å². The van der Waals surface area contributed by atoms with Crippen molar-refractivity contribution in [2.24, 2.45) is 23.2 Å². The van der Waals surface area contributed by atoms with E-state index in [0.717, 1.165) is 25.3 Å². The van der Waals surface area contributed by atoms with Gasteiger partial charge in [0.1, 0.15) is 17.2 Å². The van der Waals surface area contributed by atoms with E-state index in [1.165, 1.54) is 25.3 Å². The first-order chi connectivity index (χ1) is 14.3. The van der Waals surface area contributed by atoms with Crippen molar-refractivity contribution < 1.29 is 29.4 Å². The van der Waals surface area contributed by atoms with Crippen molar-refractivity contribution in [3.05, 3.63) is 22.8 Å². The number of hydrogen-bond acceptors (Lipinski definition) is 6. The van der Waals surface area contributed by atoms with Crippen LogP contribution in [0.2, 0.25) is 5.02 Å². The van der Waals surface area contributed by atoms with Crippen molar-refractivity contribution in [1.29, 1.82) is 0 Å². The van der Waals surface area contributed by atoms with Gasteiger partial charge >= 0.3 is 5.97 Å². The van der Waals surface area contributed by atoms with E-state index in [4.69, 9.17) is 16.1 Å². The molecule has 9 heteroatoms. The first-order valence-electron chi connectivity index (χ1n) is 10.0. The molecule has 0 atom stereocenters. The zero-order valence-corrected chi connectivity index (χ0v) is 16.8. The van der Waals surface area contributed by atoms with Crippen molar-refractivity contribution in [2.45, 2.75) is 38.5 Å². The van der Waals surface area contributed by atoms with Crippen LogP contribution in [0.1, 0.15) is 49.0 Å². The summed E-state index contributed by atoms with van der Waals surface area (Å²) in [6.45, 7) is 0. The van der Waals surface area contributed by atoms with Gasteiger partial charge in [0.2, 0.25) is 11.6 Å². The number of anilines is 1. The first kappa shape index (κ1) is 19.2. The second kappa shape index (κ2) is 6.63. The molecule has 0 spiro atoms. The smallest absolute Gasteiger partial charge is 0.360 e. The number of carbonyl (C=O) groups excluding carboxylic acids is 1. The standard InChI is InChI=1S/C21H21ClN2O6/c22-13-4-12(14(25)5-15(13)26)18-16(17(19(27)28)24-30-18)23-20(29)21-6-9-1-10(7-21)3-11(2-9)8-21/h4-5,9-11,25-26H,1-3,6-8H2,(H,23,29)(H,27,28). The SMILES string of the molecule is O=C(O)c1noc(-c2cc(Cl)c(O)cc2O)c1NC(=O)C12CC3CC(CC(C3)C1)C2. The third kappa shape index (κ3) is 2.93. The number of carboxylic acid groups (broad SMARTS) is 1. The van der Waals surface area contributed by atoms with Gasteiger partial charge in [-0.1, -0.05) is 16.8 Å². The lowest BCUT2D eigenvalue weighted by Gasteiger charge is -2.55. The fraction of sp³-hybridized carbons (Fsp3) is 0.476. The van der Waals surface area contributed by atoms with Gasteiger partial charge in [-0.3, -0.25) is 4.79 Å². The molecule has 4 bridgehead atoms. The zero-order valence-electron chi connectivity index (χ0n) is 16.0. The number of hydrogen-bond donors (Lipinski definition) is 4. The summed E-state index contributed by atoms with van der Waals surface area (Å²) in [6.07, 6.45) is 5.94. The number of benzene rings is 1. The minimum absolute atomic E-state index is 0.0265. The maximum atomic E-state index is 13.4. The Morgan fingerprint density at radius 1 is 1.07 bits per heavy atom. The zero-order chi connectivity index (χ0) is 21.2. The molecule has 0 aliphatic heterocycles. The predicted octanol–water partition coefficient (Wildman–Crippen LogP) is 4.26. The highest BCUT2D eigenvalue weighted by atomic mass is 35.5. The Balaban J connectivity index is 1.53. The van der Waals surface area contributed by atoms with Crippen LogP contribution in [0.5, 0.6) is 11.5 Å². The van der Waals surface area contributed by atoms with Crippen LogP contribution < -0.4 is 5.32 Å². The van der Waals surface area contributed by atoms with E-state index in [1.54, 1.807) is 0 Å². The maximum Gasteiger partial charge on any atom is 0.360 e. The number of amides is 1. The number of phenolic OH excluding ortho intramolecular Hbond substituents is 2. The molecule has 4 fully saturated rings. The third-order valence-electron chi connectivity index (χ3n) is 6.96. The van der Waals surface area contributed by atoms with E-state index in [2.05, 4.69) is 10.5 Å². The van der Waals surface area contributed by atoms with Crippen molar-refractivity contribution in [3.8, 4) is 22.8 Å². The van der Waals surface area contributed by atoms with E-state index < -0.39 is 17.1 Å². The Morgan fingerprint density at radius 2 is 1.67 bits per heavy atom. The highest BCUT2D eigenvalue weighted by Gasteiger charge is 2.54. The van der Waals surface area contributed by atoms with Crippen LogP contribution in [0.15, 0.2) is 16.7 Å². The molecule has 8 nitrogen and oxygen atoms in total. The Kier molecular flexibility index (Phi) is 4.25. The molecule has 158 valence electrons. The molecule has 4 aliphatic rings. The quantitative estimate of drug-likeness (QED) is 0.567. The number of carboxylic acids is 1. The number of aromatic hydroxyl groups is 2. The lowest BCUT2D eigenvalue weighted by molar-refractivity contribution is -0.140. The number of phenols is 2. The monoisotopic (exact) mass is 432 g/mol. The average Bonchev–Trinajstić information content (AvgIpc) is 3.07. The van der Waals surface area contributed by atoms with Crippen LogP contribution in [0.4, 0.5) is 5.69 Å². The van der Waals surface area contributed by atoms with Gasteiger partial charge < -0.3 is 25.2 Å². The van der Waals surface area contributed by atoms with E-state index in [9.17, 15) is 24.9 Å². The maximum absolute atomic E-state index is 13.4. The summed E-state index contributed by atoms with van der Waals surface area (Å²) in [5, 5.41) is 35.7. The Labute approximate surface area is 176 Å². The Hall–Kier alpha value is -2.74. The van der Waals surface area contributed by atoms with E-state index in [-0.39, 0.29) is 39.4 Å². The van der Waals surface area contributed by atoms with Crippen LogP contribution in [0.3, 0.4) is 0 Å². The van der Waals surface area contributed by atoms with Crippen molar-refractivity contribution in [2.75, 3.05) is 5.32 Å². The van der Waals surface area contributed by atoms with Gasteiger partial charge in [-0.2, -0.15) is 0 Å². The predicted molar refractivity (Wildman–Crippen MR) is 106 cm³/mol. The fourth-order valence-electron chi connectivity index (χ4n) is 6.10. The largest absolute Gasteiger partial charge is 0.507 e. The summed E-state index contributed by atoms with van der Waals surface area (Å²) in [7, 11) is 0. The van der Waals surface area contributed by atoms with Crippen molar-refractivity contribution in [1.82, 2.24) is 5.16 Å². The molecule has 0 radical (unpaired) electrons. The molecule has 4 N–H and O–H groups in total. The summed E-state index contributed by atoms with van der Waals surface area (Å²) in [6, 6.07) is 2.25. The van der Waals surface area contributed by atoms with Crippen LogP contribution in [0, 0.1) is 23.2 Å². The van der Waals surface area contributed by atoms with Crippen LogP contribution in [-0.2, 0) is 4.79 Å². The summed E-state index contributed by atoms with van der Waals surface area (Å²) >= 11 is 5.95. The molecular formula is C21H21ClN2O6.